The lowest BCUT2D eigenvalue weighted by molar-refractivity contribution is 0.175. The van der Waals surface area contributed by atoms with Crippen LogP contribution in [0.25, 0.3) is 0 Å². The molecule has 4 nitrogen and oxygen atoms in total. The van der Waals surface area contributed by atoms with Crippen LogP contribution in [0.4, 0.5) is 0 Å². The molecule has 4 heteroatoms. The Morgan fingerprint density at radius 3 is 1.22 bits per heavy atom. The molecule has 0 aliphatic heterocycles. The summed E-state index contributed by atoms with van der Waals surface area (Å²) in [6.45, 7) is 5.02. The van der Waals surface area contributed by atoms with E-state index in [0.29, 0.717) is 13.2 Å². The summed E-state index contributed by atoms with van der Waals surface area (Å²) >= 11 is 0. The molecule has 102 valence electrons. The van der Waals surface area contributed by atoms with Gasteiger partial charge >= 0.3 is 0 Å². The van der Waals surface area contributed by atoms with E-state index in [-0.39, 0.29) is 0 Å². The molecular formula is C14H22O4. The van der Waals surface area contributed by atoms with E-state index < -0.39 is 0 Å². The fraction of sp³-hybridized carbons (Fsp3) is 0.571. The average Bonchev–Trinajstić information content (AvgIpc) is 2.36. The number of rotatable bonds is 6. The van der Waals surface area contributed by atoms with Crippen molar-refractivity contribution in [3.05, 3.63) is 22.3 Å². The summed E-state index contributed by atoms with van der Waals surface area (Å²) in [5.41, 5.74) is 4.12. The Morgan fingerprint density at radius 2 is 1.00 bits per heavy atom. The highest BCUT2D eigenvalue weighted by molar-refractivity contribution is 5.58. The molecular weight excluding hydrogens is 232 g/mol. The van der Waals surface area contributed by atoms with Gasteiger partial charge in [-0.15, -0.1) is 0 Å². The maximum absolute atomic E-state index is 5.50. The predicted molar refractivity (Wildman–Crippen MR) is 70.4 cm³/mol. The fourth-order valence-electron chi connectivity index (χ4n) is 2.26. The molecule has 0 amide bonds. The van der Waals surface area contributed by atoms with Crippen molar-refractivity contribution >= 4 is 0 Å². The highest BCUT2D eigenvalue weighted by Gasteiger charge is 2.20. The molecule has 0 saturated heterocycles. The molecule has 0 N–H and O–H groups in total. The van der Waals surface area contributed by atoms with Crippen LogP contribution in [0.2, 0.25) is 0 Å². The lowest BCUT2D eigenvalue weighted by atomic mass is 9.97. The van der Waals surface area contributed by atoms with Crippen molar-refractivity contribution in [2.24, 2.45) is 0 Å². The fourth-order valence-corrected chi connectivity index (χ4v) is 2.26. The number of benzene rings is 1. The highest BCUT2D eigenvalue weighted by Crippen LogP contribution is 2.38. The monoisotopic (exact) mass is 254 g/mol. The van der Waals surface area contributed by atoms with Gasteiger partial charge in [-0.2, -0.15) is 0 Å². The third-order valence-electron chi connectivity index (χ3n) is 3.12. The van der Waals surface area contributed by atoms with Crippen molar-refractivity contribution in [3.63, 3.8) is 0 Å². The van der Waals surface area contributed by atoms with Gasteiger partial charge in [-0.3, -0.25) is 0 Å². The minimum absolute atomic E-state index is 0.499. The minimum atomic E-state index is 0.499. The first-order valence-electron chi connectivity index (χ1n) is 5.83. The van der Waals surface area contributed by atoms with Gasteiger partial charge in [-0.05, 0) is 13.8 Å². The molecule has 0 aliphatic carbocycles. The van der Waals surface area contributed by atoms with Gasteiger partial charge in [0.2, 0.25) is 0 Å². The maximum Gasteiger partial charge on any atom is 0.128 e. The summed E-state index contributed by atoms with van der Waals surface area (Å²) < 4.78 is 21.5. The smallest absolute Gasteiger partial charge is 0.128 e. The molecule has 0 saturated carbocycles. The highest BCUT2D eigenvalue weighted by atomic mass is 16.5. The van der Waals surface area contributed by atoms with Gasteiger partial charge in [0, 0.05) is 36.5 Å². The molecule has 0 unspecified atom stereocenters. The molecule has 0 heterocycles. The largest absolute Gasteiger partial charge is 0.496 e. The van der Waals surface area contributed by atoms with Gasteiger partial charge in [0.05, 0.1) is 27.4 Å². The summed E-state index contributed by atoms with van der Waals surface area (Å²) in [6, 6.07) is 0. The number of ether oxygens (including phenoxy) is 4. The number of hydrogen-bond donors (Lipinski definition) is 0. The molecule has 18 heavy (non-hydrogen) atoms. The Labute approximate surface area is 109 Å². The Morgan fingerprint density at radius 1 is 0.667 bits per heavy atom. The first kappa shape index (κ1) is 14.8. The second kappa shape index (κ2) is 6.61. The van der Waals surface area contributed by atoms with Crippen LogP contribution in [0.1, 0.15) is 22.3 Å². The second-order valence-electron chi connectivity index (χ2n) is 4.14. The second-order valence-corrected chi connectivity index (χ2v) is 4.14. The van der Waals surface area contributed by atoms with E-state index in [4.69, 9.17) is 18.9 Å². The summed E-state index contributed by atoms with van der Waals surface area (Å²) in [6.07, 6.45) is 0. The molecule has 0 radical (unpaired) electrons. The standard InChI is InChI=1S/C14H22O4/c1-9-11(7-15-3)14(18-6)10(2)12(8-16-4)13(9)17-5/h7-8H2,1-6H3. The van der Waals surface area contributed by atoms with Crippen LogP contribution >= 0.6 is 0 Å². The zero-order valence-corrected chi connectivity index (χ0v) is 12.0. The van der Waals surface area contributed by atoms with Gasteiger partial charge in [0.15, 0.2) is 0 Å². The Bertz CT molecular complexity index is 373. The molecule has 0 atom stereocenters. The van der Waals surface area contributed by atoms with Crippen molar-refractivity contribution < 1.29 is 18.9 Å². The van der Waals surface area contributed by atoms with Gasteiger partial charge in [-0.1, -0.05) is 0 Å². The number of methoxy groups -OCH3 is 4. The number of hydrogen-bond acceptors (Lipinski definition) is 4. The molecule has 0 bridgehead atoms. The van der Waals surface area contributed by atoms with E-state index in [1.165, 1.54) is 0 Å². The van der Waals surface area contributed by atoms with Crippen molar-refractivity contribution in [2.45, 2.75) is 27.1 Å². The van der Waals surface area contributed by atoms with E-state index in [1.54, 1.807) is 28.4 Å². The lowest BCUT2D eigenvalue weighted by Gasteiger charge is -2.21. The van der Waals surface area contributed by atoms with Crippen LogP contribution in [0.3, 0.4) is 0 Å². The predicted octanol–water partition coefficient (Wildman–Crippen LogP) is 2.61. The quantitative estimate of drug-likeness (QED) is 0.782. The molecule has 0 spiro atoms. The molecule has 1 aromatic carbocycles. The van der Waals surface area contributed by atoms with Crippen LogP contribution in [0.5, 0.6) is 11.5 Å². The van der Waals surface area contributed by atoms with Gasteiger partial charge in [0.25, 0.3) is 0 Å². The molecule has 0 fully saturated rings. The summed E-state index contributed by atoms with van der Waals surface area (Å²) in [5.74, 6) is 1.70. The normalized spacial score (nSPS) is 10.6. The first-order valence-corrected chi connectivity index (χ1v) is 5.83. The Balaban J connectivity index is 3.51. The molecule has 0 aromatic heterocycles. The zero-order chi connectivity index (χ0) is 13.7. The summed E-state index contributed by atoms with van der Waals surface area (Å²) in [5, 5.41) is 0. The maximum atomic E-state index is 5.50. The SMILES string of the molecule is COCc1c(C)c(OC)c(COC)c(C)c1OC. The molecule has 0 aliphatic rings. The third kappa shape index (κ3) is 2.60. The van der Waals surface area contributed by atoms with Crippen molar-refractivity contribution in [2.75, 3.05) is 28.4 Å². The van der Waals surface area contributed by atoms with E-state index in [9.17, 15) is 0 Å². The van der Waals surface area contributed by atoms with Crippen molar-refractivity contribution in [1.29, 1.82) is 0 Å². The Hall–Kier alpha value is -1.26. The van der Waals surface area contributed by atoms with Crippen LogP contribution in [-0.2, 0) is 22.7 Å². The van der Waals surface area contributed by atoms with Crippen molar-refractivity contribution in [1.82, 2.24) is 0 Å². The van der Waals surface area contributed by atoms with Gasteiger partial charge < -0.3 is 18.9 Å². The summed E-state index contributed by atoms with van der Waals surface area (Å²) in [4.78, 5) is 0. The van der Waals surface area contributed by atoms with Gasteiger partial charge in [-0.25, -0.2) is 0 Å². The topological polar surface area (TPSA) is 36.9 Å². The molecule has 1 rings (SSSR count). The third-order valence-corrected chi connectivity index (χ3v) is 3.12. The summed E-state index contributed by atoms with van der Waals surface area (Å²) in [7, 11) is 6.68. The van der Waals surface area contributed by atoms with E-state index >= 15 is 0 Å². The van der Waals surface area contributed by atoms with E-state index in [2.05, 4.69) is 0 Å². The first-order chi connectivity index (χ1) is 8.62. The molecule has 1 aromatic rings. The van der Waals surface area contributed by atoms with E-state index in [1.807, 2.05) is 13.8 Å². The zero-order valence-electron chi connectivity index (χ0n) is 12.0. The van der Waals surface area contributed by atoms with E-state index in [0.717, 1.165) is 33.8 Å². The average molecular weight is 254 g/mol. The van der Waals surface area contributed by atoms with Crippen LogP contribution in [0, 0.1) is 13.8 Å². The van der Waals surface area contributed by atoms with Gasteiger partial charge in [0.1, 0.15) is 11.5 Å². The van der Waals surface area contributed by atoms with Crippen LogP contribution in [0.15, 0.2) is 0 Å². The van der Waals surface area contributed by atoms with Crippen molar-refractivity contribution in [3.8, 4) is 11.5 Å². The minimum Gasteiger partial charge on any atom is -0.496 e. The van der Waals surface area contributed by atoms with Crippen LogP contribution < -0.4 is 9.47 Å². The van der Waals surface area contributed by atoms with Crippen LogP contribution in [-0.4, -0.2) is 28.4 Å². The lowest BCUT2D eigenvalue weighted by Crippen LogP contribution is -2.07. The Kier molecular flexibility index (Phi) is 5.44.